The molecule has 2 rings (SSSR count). The molecule has 2 nitrogen and oxygen atoms in total. The summed E-state index contributed by atoms with van der Waals surface area (Å²) >= 11 is 3.43. The molecule has 1 N–H and O–H groups in total. The molecule has 1 aliphatic carbocycles. The molecule has 0 atom stereocenters. The van der Waals surface area contributed by atoms with Crippen molar-refractivity contribution in [3.8, 4) is 5.75 Å². The lowest BCUT2D eigenvalue weighted by molar-refractivity contribution is -0.0340. The third-order valence-corrected chi connectivity index (χ3v) is 3.92. The Morgan fingerprint density at radius 3 is 2.71 bits per heavy atom. The standard InChI is InChI=1S/C14H19BrO2/c1-11-5-6-12(15)9-13(11)17-10-14(16)7-3-2-4-8-14/h5-6,9,16H,2-4,7-8,10H2,1H3. The molecule has 1 saturated carbocycles. The lowest BCUT2D eigenvalue weighted by atomic mass is 9.85. The lowest BCUT2D eigenvalue weighted by Crippen LogP contribution is -2.38. The van der Waals surface area contributed by atoms with Crippen molar-refractivity contribution in [2.24, 2.45) is 0 Å². The highest BCUT2D eigenvalue weighted by molar-refractivity contribution is 9.10. The van der Waals surface area contributed by atoms with Crippen LogP contribution in [0.3, 0.4) is 0 Å². The summed E-state index contributed by atoms with van der Waals surface area (Å²) < 4.78 is 6.79. The first-order valence-corrected chi connectivity index (χ1v) is 7.00. The summed E-state index contributed by atoms with van der Waals surface area (Å²) in [5, 5.41) is 10.4. The van der Waals surface area contributed by atoms with E-state index in [1.807, 2.05) is 25.1 Å². The van der Waals surface area contributed by atoms with E-state index in [4.69, 9.17) is 4.74 Å². The molecule has 1 aliphatic rings. The molecule has 0 bridgehead atoms. The largest absolute Gasteiger partial charge is 0.490 e. The maximum Gasteiger partial charge on any atom is 0.123 e. The summed E-state index contributed by atoms with van der Waals surface area (Å²) in [7, 11) is 0. The van der Waals surface area contributed by atoms with Crippen LogP contribution in [-0.4, -0.2) is 17.3 Å². The number of hydrogen-bond donors (Lipinski definition) is 1. The molecule has 0 radical (unpaired) electrons. The Balaban J connectivity index is 1.99. The van der Waals surface area contributed by atoms with E-state index in [0.717, 1.165) is 41.5 Å². The molecule has 0 amide bonds. The average Bonchev–Trinajstić information content (AvgIpc) is 2.31. The van der Waals surface area contributed by atoms with Gasteiger partial charge in [0.2, 0.25) is 0 Å². The summed E-state index contributed by atoms with van der Waals surface area (Å²) in [6, 6.07) is 5.98. The maximum atomic E-state index is 10.4. The molecule has 1 aromatic rings. The van der Waals surface area contributed by atoms with Crippen LogP contribution in [0, 0.1) is 6.92 Å². The van der Waals surface area contributed by atoms with E-state index in [-0.39, 0.29) is 0 Å². The zero-order valence-electron chi connectivity index (χ0n) is 10.2. The van der Waals surface area contributed by atoms with Crippen LogP contribution >= 0.6 is 15.9 Å². The number of rotatable bonds is 3. The van der Waals surface area contributed by atoms with Gasteiger partial charge in [-0.25, -0.2) is 0 Å². The molecule has 0 spiro atoms. The van der Waals surface area contributed by atoms with Crippen molar-refractivity contribution < 1.29 is 9.84 Å². The van der Waals surface area contributed by atoms with Gasteiger partial charge in [-0.05, 0) is 37.5 Å². The fourth-order valence-electron chi connectivity index (χ4n) is 2.30. The van der Waals surface area contributed by atoms with Gasteiger partial charge in [0.25, 0.3) is 0 Å². The van der Waals surface area contributed by atoms with E-state index < -0.39 is 5.60 Å². The molecule has 0 heterocycles. The van der Waals surface area contributed by atoms with Gasteiger partial charge in [0.15, 0.2) is 0 Å². The average molecular weight is 299 g/mol. The summed E-state index contributed by atoms with van der Waals surface area (Å²) in [4.78, 5) is 0. The smallest absolute Gasteiger partial charge is 0.123 e. The number of aliphatic hydroxyl groups is 1. The summed E-state index contributed by atoms with van der Waals surface area (Å²) in [5.41, 5.74) is 0.486. The van der Waals surface area contributed by atoms with Gasteiger partial charge >= 0.3 is 0 Å². The van der Waals surface area contributed by atoms with Crippen LogP contribution in [0.4, 0.5) is 0 Å². The van der Waals surface area contributed by atoms with E-state index in [0.29, 0.717) is 6.61 Å². The zero-order valence-corrected chi connectivity index (χ0v) is 11.8. The van der Waals surface area contributed by atoms with E-state index in [1.54, 1.807) is 0 Å². The van der Waals surface area contributed by atoms with Crippen LogP contribution in [0.25, 0.3) is 0 Å². The monoisotopic (exact) mass is 298 g/mol. The molecule has 0 unspecified atom stereocenters. The Kier molecular flexibility index (Phi) is 4.10. The van der Waals surface area contributed by atoms with E-state index in [9.17, 15) is 5.11 Å². The fraction of sp³-hybridized carbons (Fsp3) is 0.571. The second kappa shape index (κ2) is 5.40. The first kappa shape index (κ1) is 12.9. The second-order valence-corrected chi connectivity index (χ2v) is 5.90. The summed E-state index contributed by atoms with van der Waals surface area (Å²) in [6.07, 6.45) is 5.17. The lowest BCUT2D eigenvalue weighted by Gasteiger charge is -2.31. The topological polar surface area (TPSA) is 29.5 Å². The van der Waals surface area contributed by atoms with Crippen LogP contribution in [0.5, 0.6) is 5.75 Å². The van der Waals surface area contributed by atoms with Crippen LogP contribution in [0.15, 0.2) is 22.7 Å². The molecule has 1 fully saturated rings. The molecule has 94 valence electrons. The molecule has 17 heavy (non-hydrogen) atoms. The highest BCUT2D eigenvalue weighted by Crippen LogP contribution is 2.30. The first-order valence-electron chi connectivity index (χ1n) is 6.20. The number of ether oxygens (including phenoxy) is 1. The van der Waals surface area contributed by atoms with Crippen molar-refractivity contribution in [1.82, 2.24) is 0 Å². The highest BCUT2D eigenvalue weighted by Gasteiger charge is 2.30. The Morgan fingerprint density at radius 1 is 1.29 bits per heavy atom. The van der Waals surface area contributed by atoms with Crippen molar-refractivity contribution in [3.05, 3.63) is 28.2 Å². The Hall–Kier alpha value is -0.540. The van der Waals surface area contributed by atoms with Crippen molar-refractivity contribution in [1.29, 1.82) is 0 Å². The molecule has 0 saturated heterocycles. The van der Waals surface area contributed by atoms with Crippen LogP contribution in [0.2, 0.25) is 0 Å². The van der Waals surface area contributed by atoms with Gasteiger partial charge in [0.05, 0.1) is 5.60 Å². The number of benzene rings is 1. The van der Waals surface area contributed by atoms with Gasteiger partial charge in [-0.3, -0.25) is 0 Å². The van der Waals surface area contributed by atoms with Crippen molar-refractivity contribution in [2.75, 3.05) is 6.61 Å². The third kappa shape index (κ3) is 3.46. The fourth-order valence-corrected chi connectivity index (χ4v) is 2.64. The third-order valence-electron chi connectivity index (χ3n) is 3.43. The van der Waals surface area contributed by atoms with Crippen molar-refractivity contribution >= 4 is 15.9 Å². The van der Waals surface area contributed by atoms with E-state index >= 15 is 0 Å². The number of aryl methyl sites for hydroxylation is 1. The van der Waals surface area contributed by atoms with Gasteiger partial charge in [-0.15, -0.1) is 0 Å². The Bertz CT molecular complexity index is 384. The maximum absolute atomic E-state index is 10.4. The summed E-state index contributed by atoms with van der Waals surface area (Å²) in [6.45, 7) is 2.43. The van der Waals surface area contributed by atoms with E-state index in [1.165, 1.54) is 6.42 Å². The van der Waals surface area contributed by atoms with Gasteiger partial charge in [-0.1, -0.05) is 41.3 Å². The molecule has 0 aliphatic heterocycles. The number of hydrogen-bond acceptors (Lipinski definition) is 2. The molecule has 3 heteroatoms. The molecular weight excluding hydrogens is 280 g/mol. The molecule has 1 aromatic carbocycles. The van der Waals surface area contributed by atoms with Gasteiger partial charge in [0, 0.05) is 4.47 Å². The number of halogens is 1. The Labute approximate surface area is 111 Å². The minimum atomic E-state index is -0.618. The highest BCUT2D eigenvalue weighted by atomic mass is 79.9. The van der Waals surface area contributed by atoms with Gasteiger partial charge in [-0.2, -0.15) is 0 Å². The van der Waals surface area contributed by atoms with E-state index in [2.05, 4.69) is 15.9 Å². The van der Waals surface area contributed by atoms with Crippen LogP contribution < -0.4 is 4.74 Å². The molecule has 0 aromatic heterocycles. The predicted molar refractivity (Wildman–Crippen MR) is 72.4 cm³/mol. The normalized spacial score (nSPS) is 19.0. The summed E-state index contributed by atoms with van der Waals surface area (Å²) in [5.74, 6) is 0.860. The van der Waals surface area contributed by atoms with Crippen molar-refractivity contribution in [3.63, 3.8) is 0 Å². The first-order chi connectivity index (χ1) is 8.09. The van der Waals surface area contributed by atoms with Gasteiger partial charge < -0.3 is 9.84 Å². The molecular formula is C14H19BrO2. The van der Waals surface area contributed by atoms with Gasteiger partial charge in [0.1, 0.15) is 12.4 Å². The van der Waals surface area contributed by atoms with Crippen LogP contribution in [0.1, 0.15) is 37.7 Å². The predicted octanol–water partition coefficient (Wildman–Crippen LogP) is 3.83. The zero-order chi connectivity index (χ0) is 12.3. The second-order valence-electron chi connectivity index (χ2n) is 4.98. The van der Waals surface area contributed by atoms with Crippen LogP contribution in [-0.2, 0) is 0 Å². The van der Waals surface area contributed by atoms with Crippen molar-refractivity contribution in [2.45, 2.75) is 44.6 Å². The minimum absolute atomic E-state index is 0.407. The SMILES string of the molecule is Cc1ccc(Br)cc1OCC1(O)CCCCC1. The Morgan fingerprint density at radius 2 is 2.00 bits per heavy atom. The quantitative estimate of drug-likeness (QED) is 0.919. The minimum Gasteiger partial charge on any atom is -0.490 e.